The molecule has 0 heterocycles. The van der Waals surface area contributed by atoms with Crippen molar-refractivity contribution < 1.29 is 4.79 Å². The molecule has 0 radical (unpaired) electrons. The van der Waals surface area contributed by atoms with Crippen LogP contribution in [0.2, 0.25) is 0 Å². The van der Waals surface area contributed by atoms with Gasteiger partial charge in [-0.3, -0.25) is 4.79 Å². The van der Waals surface area contributed by atoms with Crippen LogP contribution >= 0.6 is 0 Å². The monoisotopic (exact) mass is 142 g/mol. The van der Waals surface area contributed by atoms with E-state index in [-0.39, 0.29) is 6.04 Å². The molecule has 1 aliphatic carbocycles. The summed E-state index contributed by atoms with van der Waals surface area (Å²) >= 11 is 0. The lowest BCUT2D eigenvalue weighted by Gasteiger charge is -2.35. The predicted molar refractivity (Wildman–Crippen MR) is 38.4 cm³/mol. The van der Waals surface area contributed by atoms with Crippen LogP contribution in [0.25, 0.3) is 0 Å². The minimum atomic E-state index is 0.0951. The lowest BCUT2D eigenvalue weighted by molar-refractivity contribution is -0.121. The zero-order valence-corrected chi connectivity index (χ0v) is 6.17. The van der Waals surface area contributed by atoms with Crippen LogP contribution in [0.3, 0.4) is 0 Å². The van der Waals surface area contributed by atoms with Crippen LogP contribution in [-0.4, -0.2) is 23.9 Å². The third kappa shape index (κ3) is 1.78. The molecule has 10 heavy (non-hydrogen) atoms. The molecule has 0 aromatic carbocycles. The van der Waals surface area contributed by atoms with Crippen molar-refractivity contribution in [2.24, 2.45) is 0 Å². The van der Waals surface area contributed by atoms with E-state index in [1.807, 2.05) is 0 Å². The average Bonchev–Trinajstić information content (AvgIpc) is 1.88. The summed E-state index contributed by atoms with van der Waals surface area (Å²) in [6, 6.07) is 0.0951. The third-order valence-electron chi connectivity index (χ3n) is 2.03. The SMILES string of the molecule is CN([O-])C1CCC(=O)CC1. The minimum Gasteiger partial charge on any atom is -0.785 e. The average molecular weight is 142 g/mol. The molecular weight excluding hydrogens is 130 g/mol. The second-order valence-electron chi connectivity index (χ2n) is 2.82. The van der Waals surface area contributed by atoms with Gasteiger partial charge in [0.1, 0.15) is 5.78 Å². The fraction of sp³-hybridized carbons (Fsp3) is 0.857. The number of carbonyl (C=O) groups is 1. The van der Waals surface area contributed by atoms with Crippen LogP contribution in [0.15, 0.2) is 0 Å². The molecule has 3 heteroatoms. The van der Waals surface area contributed by atoms with Crippen molar-refractivity contribution in [3.8, 4) is 0 Å². The van der Waals surface area contributed by atoms with Crippen molar-refractivity contribution in [2.45, 2.75) is 31.7 Å². The first kappa shape index (κ1) is 7.69. The topological polar surface area (TPSA) is 43.4 Å². The Kier molecular flexibility index (Phi) is 2.40. The Morgan fingerprint density at radius 3 is 2.40 bits per heavy atom. The van der Waals surface area contributed by atoms with E-state index in [4.69, 9.17) is 0 Å². The first-order chi connectivity index (χ1) is 4.70. The van der Waals surface area contributed by atoms with E-state index in [9.17, 15) is 10.0 Å². The molecule has 0 aromatic heterocycles. The van der Waals surface area contributed by atoms with Gasteiger partial charge in [0, 0.05) is 12.8 Å². The van der Waals surface area contributed by atoms with Gasteiger partial charge < -0.3 is 10.3 Å². The maximum Gasteiger partial charge on any atom is 0.133 e. The molecule has 1 aliphatic rings. The van der Waals surface area contributed by atoms with Gasteiger partial charge in [0.15, 0.2) is 0 Å². The Bertz CT molecular complexity index is 124. The summed E-state index contributed by atoms with van der Waals surface area (Å²) < 4.78 is 0. The van der Waals surface area contributed by atoms with E-state index >= 15 is 0 Å². The zero-order valence-electron chi connectivity index (χ0n) is 6.17. The van der Waals surface area contributed by atoms with Gasteiger partial charge in [-0.15, -0.1) is 0 Å². The molecular formula is C7H12NO2-. The number of nitrogens with zero attached hydrogens (tertiary/aromatic N) is 1. The minimum absolute atomic E-state index is 0.0951. The summed E-state index contributed by atoms with van der Waals surface area (Å²) in [4.78, 5) is 10.7. The molecule has 58 valence electrons. The van der Waals surface area contributed by atoms with Crippen molar-refractivity contribution in [3.63, 3.8) is 0 Å². The Hall–Kier alpha value is -0.410. The lowest BCUT2D eigenvalue weighted by atomic mass is 9.94. The van der Waals surface area contributed by atoms with Crippen LogP contribution in [0.1, 0.15) is 25.7 Å². The van der Waals surface area contributed by atoms with Crippen LogP contribution in [0, 0.1) is 5.21 Å². The molecule has 0 spiro atoms. The van der Waals surface area contributed by atoms with Gasteiger partial charge in [-0.05, 0) is 25.9 Å². The summed E-state index contributed by atoms with van der Waals surface area (Å²) in [6.07, 6.45) is 2.69. The van der Waals surface area contributed by atoms with Crippen molar-refractivity contribution in [2.75, 3.05) is 7.05 Å². The first-order valence-electron chi connectivity index (χ1n) is 3.62. The molecule has 0 aliphatic heterocycles. The molecule has 0 amide bonds. The van der Waals surface area contributed by atoms with E-state index in [2.05, 4.69) is 0 Å². The maximum absolute atomic E-state index is 10.7. The van der Waals surface area contributed by atoms with Crippen LogP contribution in [0.5, 0.6) is 0 Å². The number of Topliss-reactive ketones (excluding diaryl/α,β-unsaturated/α-hetero) is 1. The first-order valence-corrected chi connectivity index (χ1v) is 3.62. The summed E-state index contributed by atoms with van der Waals surface area (Å²) in [6.45, 7) is 0. The molecule has 3 nitrogen and oxygen atoms in total. The quantitative estimate of drug-likeness (QED) is 0.511. The van der Waals surface area contributed by atoms with Gasteiger partial charge in [0.2, 0.25) is 0 Å². The highest BCUT2D eigenvalue weighted by molar-refractivity contribution is 5.79. The van der Waals surface area contributed by atoms with Gasteiger partial charge in [-0.25, -0.2) is 0 Å². The second kappa shape index (κ2) is 3.12. The molecule has 0 unspecified atom stereocenters. The molecule has 0 aromatic rings. The molecule has 0 atom stereocenters. The highest BCUT2D eigenvalue weighted by Crippen LogP contribution is 2.18. The Morgan fingerprint density at radius 2 is 2.00 bits per heavy atom. The largest absolute Gasteiger partial charge is 0.785 e. The summed E-state index contributed by atoms with van der Waals surface area (Å²) in [5.74, 6) is 0.304. The second-order valence-corrected chi connectivity index (χ2v) is 2.82. The van der Waals surface area contributed by atoms with Gasteiger partial charge in [-0.2, -0.15) is 0 Å². The zero-order chi connectivity index (χ0) is 7.56. The Balaban J connectivity index is 2.33. The van der Waals surface area contributed by atoms with Crippen molar-refractivity contribution in [3.05, 3.63) is 5.21 Å². The summed E-state index contributed by atoms with van der Waals surface area (Å²) in [5, 5.41) is 11.7. The summed E-state index contributed by atoms with van der Waals surface area (Å²) in [5.41, 5.74) is 0. The summed E-state index contributed by atoms with van der Waals surface area (Å²) in [7, 11) is 1.53. The van der Waals surface area contributed by atoms with Crippen molar-refractivity contribution >= 4 is 5.78 Å². The smallest absolute Gasteiger partial charge is 0.133 e. The van der Waals surface area contributed by atoms with E-state index in [1.165, 1.54) is 7.05 Å². The van der Waals surface area contributed by atoms with Crippen LogP contribution in [0.4, 0.5) is 0 Å². The Morgan fingerprint density at radius 1 is 1.50 bits per heavy atom. The predicted octanol–water partition coefficient (Wildman–Crippen LogP) is 0.928. The number of rotatable bonds is 1. The van der Waals surface area contributed by atoms with Crippen LogP contribution in [-0.2, 0) is 4.79 Å². The standard InChI is InChI=1S/C7H12NO2/c1-8(10)6-2-4-7(9)5-3-6/h6H,2-5H2,1H3/q-1. The maximum atomic E-state index is 10.7. The number of ketones is 1. The number of hydrogen-bond acceptors (Lipinski definition) is 3. The van der Waals surface area contributed by atoms with E-state index in [0.29, 0.717) is 18.6 Å². The number of hydroxylamine groups is 2. The molecule has 0 N–H and O–H groups in total. The third-order valence-corrected chi connectivity index (χ3v) is 2.03. The molecule has 1 rings (SSSR count). The van der Waals surface area contributed by atoms with E-state index < -0.39 is 0 Å². The molecule has 1 fully saturated rings. The highest BCUT2D eigenvalue weighted by Gasteiger charge is 2.17. The molecule has 0 bridgehead atoms. The van der Waals surface area contributed by atoms with Crippen LogP contribution < -0.4 is 0 Å². The van der Waals surface area contributed by atoms with Gasteiger partial charge >= 0.3 is 0 Å². The van der Waals surface area contributed by atoms with Crippen molar-refractivity contribution in [1.29, 1.82) is 0 Å². The fourth-order valence-corrected chi connectivity index (χ4v) is 1.29. The Labute approximate surface area is 60.6 Å². The van der Waals surface area contributed by atoms with E-state index in [1.54, 1.807) is 0 Å². The molecule has 0 saturated heterocycles. The van der Waals surface area contributed by atoms with Crippen molar-refractivity contribution in [1.82, 2.24) is 5.06 Å². The fourth-order valence-electron chi connectivity index (χ4n) is 1.29. The molecule has 1 saturated carbocycles. The van der Waals surface area contributed by atoms with Gasteiger partial charge in [0.05, 0.1) is 0 Å². The number of carbonyl (C=O) groups excluding carboxylic acids is 1. The lowest BCUT2D eigenvalue weighted by Crippen LogP contribution is -2.30. The normalized spacial score (nSPS) is 22.1. The number of hydrogen-bond donors (Lipinski definition) is 0. The van der Waals surface area contributed by atoms with Gasteiger partial charge in [0.25, 0.3) is 0 Å². The highest BCUT2D eigenvalue weighted by atomic mass is 16.5. The van der Waals surface area contributed by atoms with E-state index in [0.717, 1.165) is 17.9 Å². The van der Waals surface area contributed by atoms with Gasteiger partial charge in [-0.1, -0.05) is 0 Å².